The minimum Gasteiger partial charge on any atom is -0.397 e. The summed E-state index contributed by atoms with van der Waals surface area (Å²) in [4.78, 5) is 0. The summed E-state index contributed by atoms with van der Waals surface area (Å²) in [5, 5.41) is 9.88. The zero-order chi connectivity index (χ0) is 17.8. The van der Waals surface area contributed by atoms with E-state index in [2.05, 4.69) is 35.0 Å². The highest BCUT2D eigenvalue weighted by atomic mass is 15.0. The highest BCUT2D eigenvalue weighted by Crippen LogP contribution is 2.35. The molecular weight excluding hydrogens is 310 g/mol. The Morgan fingerprint density at radius 3 is 1.92 bits per heavy atom. The van der Waals surface area contributed by atoms with E-state index < -0.39 is 0 Å². The van der Waals surface area contributed by atoms with Crippen molar-refractivity contribution in [3.05, 3.63) is 66.2 Å². The fourth-order valence-electron chi connectivity index (χ4n) is 2.60. The summed E-state index contributed by atoms with van der Waals surface area (Å²) in [6, 6.07) is 19.8. The van der Waals surface area contributed by atoms with Crippen LogP contribution >= 0.6 is 0 Å². The van der Waals surface area contributed by atoms with E-state index in [4.69, 9.17) is 11.5 Å². The highest BCUT2D eigenvalue weighted by molar-refractivity contribution is 5.87. The molecule has 3 aromatic carbocycles. The molecule has 0 fully saturated rings. The molecule has 0 aliphatic carbocycles. The number of nitrogen functional groups attached to an aromatic ring is 2. The maximum Gasteiger partial charge on any atom is 0.0640 e. The molecule has 0 saturated carbocycles. The fraction of sp³-hybridized carbons (Fsp3) is 0.100. The van der Waals surface area contributed by atoms with Crippen LogP contribution in [0.25, 0.3) is 0 Å². The van der Waals surface area contributed by atoms with Crippen LogP contribution in [0.2, 0.25) is 0 Å². The van der Waals surface area contributed by atoms with Gasteiger partial charge in [-0.2, -0.15) is 0 Å². The average molecular weight is 333 g/mol. The monoisotopic (exact) mass is 333 g/mol. The molecule has 0 amide bonds. The SMILES string of the molecule is CNc1ccccc1Nc1cc(Nc2ccc(C)cc2)c(N)cc1N. The fourth-order valence-corrected chi connectivity index (χ4v) is 2.60. The number of hydrogen-bond acceptors (Lipinski definition) is 5. The van der Waals surface area contributed by atoms with Crippen LogP contribution in [-0.4, -0.2) is 7.05 Å². The highest BCUT2D eigenvalue weighted by Gasteiger charge is 2.08. The van der Waals surface area contributed by atoms with Gasteiger partial charge in [-0.05, 0) is 43.3 Å². The third kappa shape index (κ3) is 3.77. The van der Waals surface area contributed by atoms with Crippen LogP contribution in [0.4, 0.5) is 39.8 Å². The van der Waals surface area contributed by atoms with Crippen LogP contribution in [0.5, 0.6) is 0 Å². The van der Waals surface area contributed by atoms with Crippen LogP contribution in [0, 0.1) is 6.92 Å². The first-order valence-corrected chi connectivity index (χ1v) is 8.13. The average Bonchev–Trinajstić information content (AvgIpc) is 2.61. The molecule has 0 atom stereocenters. The summed E-state index contributed by atoms with van der Waals surface area (Å²) in [7, 11) is 1.89. The minimum absolute atomic E-state index is 0.595. The van der Waals surface area contributed by atoms with Gasteiger partial charge in [0.15, 0.2) is 0 Å². The summed E-state index contributed by atoms with van der Waals surface area (Å²) in [6.07, 6.45) is 0. The Balaban J connectivity index is 1.91. The van der Waals surface area contributed by atoms with Gasteiger partial charge in [-0.1, -0.05) is 29.8 Å². The molecule has 0 unspecified atom stereocenters. The van der Waals surface area contributed by atoms with E-state index in [0.29, 0.717) is 11.4 Å². The number of nitrogens with one attached hydrogen (secondary N) is 3. The lowest BCUT2D eigenvalue weighted by atomic mass is 10.1. The number of anilines is 7. The lowest BCUT2D eigenvalue weighted by Gasteiger charge is -2.17. The summed E-state index contributed by atoms with van der Waals surface area (Å²) < 4.78 is 0. The summed E-state index contributed by atoms with van der Waals surface area (Å²) >= 11 is 0. The van der Waals surface area contributed by atoms with Crippen molar-refractivity contribution >= 4 is 39.8 Å². The zero-order valence-electron chi connectivity index (χ0n) is 14.4. The molecule has 25 heavy (non-hydrogen) atoms. The Morgan fingerprint density at radius 2 is 1.28 bits per heavy atom. The van der Waals surface area contributed by atoms with E-state index in [-0.39, 0.29) is 0 Å². The van der Waals surface area contributed by atoms with Crippen LogP contribution in [0.1, 0.15) is 5.56 Å². The summed E-state index contributed by atoms with van der Waals surface area (Å²) in [5.74, 6) is 0. The predicted octanol–water partition coefficient (Wildman–Crippen LogP) is 4.69. The maximum atomic E-state index is 6.15. The van der Waals surface area contributed by atoms with Gasteiger partial charge in [0.1, 0.15) is 0 Å². The first kappa shape index (κ1) is 16.5. The molecule has 5 heteroatoms. The number of rotatable bonds is 5. The number of hydrogen-bond donors (Lipinski definition) is 5. The Hall–Kier alpha value is -3.34. The van der Waals surface area contributed by atoms with Gasteiger partial charge in [0.25, 0.3) is 0 Å². The van der Waals surface area contributed by atoms with Gasteiger partial charge in [0.05, 0.1) is 34.1 Å². The molecule has 3 rings (SSSR count). The van der Waals surface area contributed by atoms with Gasteiger partial charge in [0.2, 0.25) is 0 Å². The molecule has 0 saturated heterocycles. The largest absolute Gasteiger partial charge is 0.397 e. The maximum absolute atomic E-state index is 6.15. The molecule has 0 spiro atoms. The van der Waals surface area contributed by atoms with Gasteiger partial charge < -0.3 is 27.4 Å². The molecule has 0 heterocycles. The van der Waals surface area contributed by atoms with Gasteiger partial charge in [-0.25, -0.2) is 0 Å². The second-order valence-electron chi connectivity index (χ2n) is 5.94. The number of aryl methyl sites for hydroxylation is 1. The normalized spacial score (nSPS) is 10.3. The summed E-state index contributed by atoms with van der Waals surface area (Å²) in [6.45, 7) is 2.06. The van der Waals surface area contributed by atoms with Gasteiger partial charge >= 0.3 is 0 Å². The van der Waals surface area contributed by atoms with Crippen LogP contribution in [-0.2, 0) is 0 Å². The van der Waals surface area contributed by atoms with Crippen molar-refractivity contribution in [3.8, 4) is 0 Å². The van der Waals surface area contributed by atoms with Crippen molar-refractivity contribution in [3.63, 3.8) is 0 Å². The number of para-hydroxylation sites is 2. The summed E-state index contributed by atoms with van der Waals surface area (Å²) in [5.41, 5.74) is 19.2. The predicted molar refractivity (Wildman–Crippen MR) is 109 cm³/mol. The Bertz CT molecular complexity index is 872. The second-order valence-corrected chi connectivity index (χ2v) is 5.94. The molecular formula is C20H23N5. The number of benzene rings is 3. The van der Waals surface area contributed by atoms with Crippen LogP contribution in [0.15, 0.2) is 60.7 Å². The van der Waals surface area contributed by atoms with Crippen molar-refractivity contribution in [2.75, 3.05) is 34.5 Å². The van der Waals surface area contributed by atoms with Crippen molar-refractivity contribution in [2.24, 2.45) is 0 Å². The molecule has 0 aliphatic rings. The molecule has 0 aliphatic heterocycles. The first-order chi connectivity index (χ1) is 12.1. The quantitative estimate of drug-likeness (QED) is 0.437. The Morgan fingerprint density at radius 1 is 0.680 bits per heavy atom. The molecule has 5 nitrogen and oxygen atoms in total. The number of nitrogens with two attached hydrogens (primary N) is 2. The van der Waals surface area contributed by atoms with Crippen molar-refractivity contribution < 1.29 is 0 Å². The third-order valence-corrected chi connectivity index (χ3v) is 4.02. The lowest BCUT2D eigenvalue weighted by Crippen LogP contribution is -2.03. The van der Waals surface area contributed by atoms with Gasteiger partial charge in [-0.3, -0.25) is 0 Å². The van der Waals surface area contributed by atoms with E-state index in [1.807, 2.05) is 49.5 Å². The Labute approximate surface area is 148 Å². The molecule has 0 radical (unpaired) electrons. The third-order valence-electron chi connectivity index (χ3n) is 4.02. The van der Waals surface area contributed by atoms with E-state index in [1.54, 1.807) is 6.07 Å². The molecule has 128 valence electrons. The van der Waals surface area contributed by atoms with Gasteiger partial charge in [0, 0.05) is 12.7 Å². The molecule has 0 bridgehead atoms. The van der Waals surface area contributed by atoms with Crippen molar-refractivity contribution in [2.45, 2.75) is 6.92 Å². The molecule has 0 aromatic heterocycles. The van der Waals surface area contributed by atoms with Gasteiger partial charge in [-0.15, -0.1) is 0 Å². The van der Waals surface area contributed by atoms with Crippen molar-refractivity contribution in [1.82, 2.24) is 0 Å². The topological polar surface area (TPSA) is 88.1 Å². The van der Waals surface area contributed by atoms with Crippen molar-refractivity contribution in [1.29, 1.82) is 0 Å². The lowest BCUT2D eigenvalue weighted by molar-refractivity contribution is 1.45. The molecule has 7 N–H and O–H groups in total. The second kappa shape index (κ2) is 7.05. The van der Waals surface area contributed by atoms with E-state index in [0.717, 1.165) is 28.4 Å². The van der Waals surface area contributed by atoms with E-state index in [1.165, 1.54) is 5.56 Å². The standard InChI is InChI=1S/C20H23N5/c1-13-7-9-14(10-8-13)24-19-12-20(16(22)11-15(19)21)25-18-6-4-3-5-17(18)23-2/h3-12,23-25H,21-22H2,1-2H3. The Kier molecular flexibility index (Phi) is 4.66. The van der Waals surface area contributed by atoms with E-state index >= 15 is 0 Å². The van der Waals surface area contributed by atoms with Crippen LogP contribution in [0.3, 0.4) is 0 Å². The van der Waals surface area contributed by atoms with Crippen LogP contribution < -0.4 is 27.4 Å². The van der Waals surface area contributed by atoms with E-state index in [9.17, 15) is 0 Å². The smallest absolute Gasteiger partial charge is 0.0640 e. The zero-order valence-corrected chi connectivity index (χ0v) is 14.4. The molecule has 3 aromatic rings. The first-order valence-electron chi connectivity index (χ1n) is 8.13. The minimum atomic E-state index is 0.595.